The van der Waals surface area contributed by atoms with Crippen molar-refractivity contribution in [2.24, 2.45) is 0 Å². The van der Waals surface area contributed by atoms with Crippen molar-refractivity contribution in [1.82, 2.24) is 14.9 Å². The monoisotopic (exact) mass is 608 g/mol. The minimum Gasteiger partial charge on any atom is -0.465 e. The minimum absolute atomic E-state index is 0.0470. The van der Waals surface area contributed by atoms with E-state index in [1.54, 1.807) is 27.7 Å². The van der Waals surface area contributed by atoms with Gasteiger partial charge in [-0.2, -0.15) is 0 Å². The summed E-state index contributed by atoms with van der Waals surface area (Å²) in [5.41, 5.74) is 0.821. The molecule has 2 aromatic heterocycles. The fourth-order valence-corrected chi connectivity index (χ4v) is 5.28. The average Bonchev–Trinajstić information content (AvgIpc) is 2.90. The lowest BCUT2D eigenvalue weighted by molar-refractivity contribution is -0.138. The Hall–Kier alpha value is -5.01. The summed E-state index contributed by atoms with van der Waals surface area (Å²) in [6, 6.07) is 3.01. The molecule has 0 saturated carbocycles. The molecule has 0 atom stereocenters. The number of likely N-dealkylation sites (tertiary alicyclic amines) is 1. The number of pyridine rings is 2. The largest absolute Gasteiger partial charge is 0.465 e. The van der Waals surface area contributed by atoms with Crippen molar-refractivity contribution in [3.05, 3.63) is 41.6 Å². The standard InChI is InChI=1S/C30H33FN6O7/c1-15-20(11-32-22-7-6-8-37(26(15)22)29(41)42)19-9-17-10-23(34-27(39)43-18-13-36(14-18)16(2)38)33-12-21(17)25(24(19)31)35-28(40)44-30(3,4)5/h9-12,18H,6-8,13-14H2,1-5H3,(H,35,40)(H,41,42)(H,33,34,39). The van der Waals surface area contributed by atoms with E-state index in [9.17, 15) is 24.3 Å². The molecular formula is C30H33FN6O7. The molecule has 3 N–H and O–H groups in total. The summed E-state index contributed by atoms with van der Waals surface area (Å²) < 4.78 is 27.1. The van der Waals surface area contributed by atoms with E-state index >= 15 is 4.39 Å². The second kappa shape index (κ2) is 11.6. The summed E-state index contributed by atoms with van der Waals surface area (Å²) in [7, 11) is 0. The third-order valence-corrected chi connectivity index (χ3v) is 7.35. The van der Waals surface area contributed by atoms with Crippen molar-refractivity contribution in [2.75, 3.05) is 35.2 Å². The van der Waals surface area contributed by atoms with E-state index in [0.29, 0.717) is 53.8 Å². The van der Waals surface area contributed by atoms with Crippen LogP contribution in [0.5, 0.6) is 0 Å². The highest BCUT2D eigenvalue weighted by molar-refractivity contribution is 6.04. The summed E-state index contributed by atoms with van der Waals surface area (Å²) in [4.78, 5) is 60.1. The Morgan fingerprint density at radius 2 is 1.77 bits per heavy atom. The number of ether oxygens (including phenoxy) is 2. The molecule has 1 fully saturated rings. The van der Waals surface area contributed by atoms with Gasteiger partial charge in [0.2, 0.25) is 5.91 Å². The fraction of sp³-hybridized carbons (Fsp3) is 0.400. The molecule has 13 nitrogen and oxygen atoms in total. The molecule has 1 saturated heterocycles. The van der Waals surface area contributed by atoms with Crippen LogP contribution in [0.25, 0.3) is 21.9 Å². The Morgan fingerprint density at radius 1 is 1.05 bits per heavy atom. The van der Waals surface area contributed by atoms with Gasteiger partial charge in [-0.15, -0.1) is 0 Å². The number of hydrogen-bond acceptors (Lipinski definition) is 8. The van der Waals surface area contributed by atoms with Crippen LogP contribution >= 0.6 is 0 Å². The number of halogens is 1. The number of benzene rings is 1. The first kappa shape index (κ1) is 30.4. The normalized spacial score (nSPS) is 14.9. The van der Waals surface area contributed by atoms with Gasteiger partial charge >= 0.3 is 18.3 Å². The lowest BCUT2D eigenvalue weighted by Gasteiger charge is -2.37. The van der Waals surface area contributed by atoms with Gasteiger partial charge in [0.15, 0.2) is 5.82 Å². The molecule has 0 spiro atoms. The van der Waals surface area contributed by atoms with Gasteiger partial charge in [0.25, 0.3) is 0 Å². The van der Waals surface area contributed by atoms with Crippen LogP contribution in [0.3, 0.4) is 0 Å². The first-order valence-electron chi connectivity index (χ1n) is 14.1. The van der Waals surface area contributed by atoms with Crippen molar-refractivity contribution in [3.63, 3.8) is 0 Å². The number of amides is 4. The van der Waals surface area contributed by atoms with Crippen LogP contribution in [0.2, 0.25) is 0 Å². The Labute approximate surface area is 252 Å². The lowest BCUT2D eigenvalue weighted by Crippen LogP contribution is -2.54. The van der Waals surface area contributed by atoms with Crippen molar-refractivity contribution in [3.8, 4) is 11.1 Å². The molecular weight excluding hydrogens is 575 g/mol. The maximum absolute atomic E-state index is 16.4. The van der Waals surface area contributed by atoms with Gasteiger partial charge in [-0.1, -0.05) is 0 Å². The highest BCUT2D eigenvalue weighted by Crippen LogP contribution is 2.41. The molecule has 2 aliphatic rings. The molecule has 44 heavy (non-hydrogen) atoms. The predicted molar refractivity (Wildman–Crippen MR) is 159 cm³/mol. The predicted octanol–water partition coefficient (Wildman–Crippen LogP) is 5.30. The van der Waals surface area contributed by atoms with Gasteiger partial charge in [0, 0.05) is 42.4 Å². The van der Waals surface area contributed by atoms with Crippen LogP contribution in [0, 0.1) is 12.7 Å². The summed E-state index contributed by atoms with van der Waals surface area (Å²) in [5.74, 6) is -0.809. The number of carboxylic acid groups (broad SMARTS) is 1. The van der Waals surface area contributed by atoms with Crippen LogP contribution in [0.15, 0.2) is 24.5 Å². The number of carbonyl (C=O) groups is 4. The van der Waals surface area contributed by atoms with Crippen LogP contribution < -0.4 is 15.5 Å². The van der Waals surface area contributed by atoms with E-state index in [0.717, 1.165) is 0 Å². The number of nitrogens with one attached hydrogen (secondary N) is 2. The van der Waals surface area contributed by atoms with Crippen LogP contribution in [-0.2, 0) is 20.7 Å². The minimum atomic E-state index is -1.14. The fourth-order valence-electron chi connectivity index (χ4n) is 5.28. The Morgan fingerprint density at radius 3 is 2.43 bits per heavy atom. The number of fused-ring (bicyclic) bond motifs is 2. The molecule has 0 radical (unpaired) electrons. The van der Waals surface area contributed by atoms with Crippen molar-refractivity contribution < 1.29 is 38.1 Å². The van der Waals surface area contributed by atoms with E-state index in [1.807, 2.05) is 0 Å². The van der Waals surface area contributed by atoms with E-state index in [4.69, 9.17) is 9.47 Å². The molecule has 3 aromatic rings. The van der Waals surface area contributed by atoms with Crippen LogP contribution in [0.1, 0.15) is 45.4 Å². The van der Waals surface area contributed by atoms with Gasteiger partial charge in [-0.25, -0.2) is 23.8 Å². The van der Waals surface area contributed by atoms with Gasteiger partial charge in [0.05, 0.1) is 30.2 Å². The smallest absolute Gasteiger partial charge is 0.413 e. The molecule has 4 amide bonds. The maximum atomic E-state index is 16.4. The van der Waals surface area contributed by atoms with E-state index in [2.05, 4.69) is 20.6 Å². The topological polar surface area (TPSA) is 163 Å². The van der Waals surface area contributed by atoms with Crippen molar-refractivity contribution >= 4 is 52.2 Å². The second-order valence-corrected chi connectivity index (χ2v) is 11.7. The van der Waals surface area contributed by atoms with E-state index in [-0.39, 0.29) is 34.9 Å². The molecule has 14 heteroatoms. The Bertz CT molecular complexity index is 1680. The number of rotatable bonds is 4. The molecule has 0 bridgehead atoms. The lowest BCUT2D eigenvalue weighted by atomic mass is 9.94. The zero-order chi connectivity index (χ0) is 31.9. The summed E-state index contributed by atoms with van der Waals surface area (Å²) in [6.45, 7) is 9.03. The first-order chi connectivity index (χ1) is 20.7. The van der Waals surface area contributed by atoms with Crippen LogP contribution in [-0.4, -0.2) is 75.5 Å². The highest BCUT2D eigenvalue weighted by Gasteiger charge is 2.32. The molecule has 5 rings (SSSR count). The van der Waals surface area contributed by atoms with Gasteiger partial charge in [0.1, 0.15) is 17.5 Å². The number of anilines is 3. The summed E-state index contributed by atoms with van der Waals surface area (Å²) in [5, 5.41) is 15.5. The average molecular weight is 609 g/mol. The maximum Gasteiger partial charge on any atom is 0.413 e. The van der Waals surface area contributed by atoms with Gasteiger partial charge in [-0.3, -0.25) is 25.3 Å². The quantitative estimate of drug-likeness (QED) is 0.357. The van der Waals surface area contributed by atoms with Crippen molar-refractivity contribution in [2.45, 2.75) is 59.2 Å². The Balaban J connectivity index is 1.55. The van der Waals surface area contributed by atoms with Gasteiger partial charge < -0.3 is 19.5 Å². The molecule has 232 valence electrons. The molecule has 1 aromatic carbocycles. The number of carbonyl (C=O) groups excluding carboxylic acids is 3. The zero-order valence-electron chi connectivity index (χ0n) is 25.0. The molecule has 0 unspecified atom stereocenters. The van der Waals surface area contributed by atoms with E-state index < -0.39 is 35.8 Å². The third-order valence-electron chi connectivity index (χ3n) is 7.35. The zero-order valence-corrected chi connectivity index (χ0v) is 25.0. The van der Waals surface area contributed by atoms with Gasteiger partial charge in [-0.05, 0) is 63.6 Å². The summed E-state index contributed by atoms with van der Waals surface area (Å²) in [6.07, 6.45) is 0.729. The molecule has 4 heterocycles. The Kier molecular flexibility index (Phi) is 8.02. The third kappa shape index (κ3) is 6.19. The molecule has 2 aliphatic heterocycles. The SMILES string of the molecule is CC(=O)N1CC(OC(=O)Nc2cc3cc(-c4cnc5c(c4C)N(C(=O)O)CCC5)c(F)c(NC(=O)OC(C)(C)C)c3cn2)C1. The second-order valence-electron chi connectivity index (χ2n) is 11.7. The van der Waals surface area contributed by atoms with Crippen LogP contribution in [0.4, 0.5) is 36.0 Å². The number of aryl methyl sites for hydroxylation is 1. The van der Waals surface area contributed by atoms with E-state index in [1.165, 1.54) is 41.2 Å². The summed E-state index contributed by atoms with van der Waals surface area (Å²) >= 11 is 0. The number of aromatic nitrogens is 2. The highest BCUT2D eigenvalue weighted by atomic mass is 19.1. The van der Waals surface area contributed by atoms with Crippen molar-refractivity contribution in [1.29, 1.82) is 0 Å². The number of nitrogens with zero attached hydrogens (tertiary/aromatic N) is 4. The first-order valence-corrected chi connectivity index (χ1v) is 14.1. The molecule has 0 aliphatic carbocycles. The number of hydrogen-bond donors (Lipinski definition) is 3.